The molecule has 11 nitrogen and oxygen atoms in total. The normalized spacial score (nSPS) is 18.6. The first-order valence-electron chi connectivity index (χ1n) is 19.5. The first-order chi connectivity index (χ1) is 26.8. The zero-order valence-corrected chi connectivity index (χ0v) is 32.3. The molecular formula is C43H49ClN8O3. The number of hydrogen-bond donors (Lipinski definition) is 3. The fourth-order valence-electron chi connectivity index (χ4n) is 8.48. The molecule has 5 heterocycles. The van der Waals surface area contributed by atoms with Crippen LogP contribution in [0.1, 0.15) is 76.2 Å². The summed E-state index contributed by atoms with van der Waals surface area (Å²) in [6.07, 6.45) is 5.51. The van der Waals surface area contributed by atoms with Gasteiger partial charge in [-0.2, -0.15) is 5.10 Å². The number of fused-ring (bicyclic) bond motifs is 3. The summed E-state index contributed by atoms with van der Waals surface area (Å²) >= 11 is 6.92. The number of halogens is 1. The smallest absolute Gasteiger partial charge is 0.254 e. The number of nitrogens with two attached hydrogens (primary N) is 1. The topological polar surface area (TPSA) is 131 Å². The standard InChI is InChI=1S/C43H49ClN8O3/c1-3-39-37(40(48-32-13-15-55-16-14-32)36-22-47-52(4-2)42(36)49-39)26-51(43(54)31-10-6-9-30(19-31)41(45)53)24-28-11-12-38(44)35(18-28)29-8-5-7-27(17-29)23-50-25-33-20-34(50)21-46-33/h5-12,17-19,22,32-34,46H,3-4,13-16,20-21,23-26H2,1-2H3,(H2,45,53)(H,48,49)/t33-,34?/m0/s1. The summed E-state index contributed by atoms with van der Waals surface area (Å²) < 4.78 is 7.61. The van der Waals surface area contributed by atoms with Crippen LogP contribution in [0, 0.1) is 0 Å². The lowest BCUT2D eigenvalue weighted by atomic mass is 9.99. The number of rotatable bonds is 13. The highest BCUT2D eigenvalue weighted by molar-refractivity contribution is 6.33. The number of likely N-dealkylation sites (tertiary alicyclic amines) is 1. The number of aromatic nitrogens is 3. The minimum atomic E-state index is -0.585. The Morgan fingerprint density at radius 3 is 2.58 bits per heavy atom. The number of pyridine rings is 1. The van der Waals surface area contributed by atoms with Crippen molar-refractivity contribution in [1.82, 2.24) is 29.9 Å². The molecule has 0 aliphatic carbocycles. The summed E-state index contributed by atoms with van der Waals surface area (Å²) in [7, 11) is 0. The van der Waals surface area contributed by atoms with Crippen molar-refractivity contribution < 1.29 is 14.3 Å². The van der Waals surface area contributed by atoms with Crippen molar-refractivity contribution in [3.8, 4) is 11.1 Å². The van der Waals surface area contributed by atoms with Crippen molar-refractivity contribution in [1.29, 1.82) is 0 Å². The Kier molecular flexibility index (Phi) is 10.9. The number of anilines is 1. The van der Waals surface area contributed by atoms with Crippen LogP contribution in [-0.2, 0) is 37.3 Å². The van der Waals surface area contributed by atoms with Crippen LogP contribution in [0.2, 0.25) is 5.02 Å². The maximum absolute atomic E-state index is 14.7. The monoisotopic (exact) mass is 760 g/mol. The second-order valence-corrected chi connectivity index (χ2v) is 15.4. The number of carbonyl (C=O) groups is 2. The molecule has 0 saturated carbocycles. The van der Waals surface area contributed by atoms with Crippen LogP contribution in [0.5, 0.6) is 0 Å². The number of ether oxygens (including phenoxy) is 1. The molecule has 2 atom stereocenters. The zero-order valence-electron chi connectivity index (χ0n) is 31.6. The van der Waals surface area contributed by atoms with Crippen LogP contribution in [0.4, 0.5) is 5.69 Å². The number of piperazine rings is 1. The van der Waals surface area contributed by atoms with E-state index in [0.29, 0.717) is 55.4 Å². The molecule has 3 fully saturated rings. The minimum Gasteiger partial charge on any atom is -0.381 e. The molecule has 3 aromatic carbocycles. The maximum atomic E-state index is 14.7. The van der Waals surface area contributed by atoms with Gasteiger partial charge in [0, 0.05) is 97.0 Å². The van der Waals surface area contributed by atoms with Gasteiger partial charge in [-0.25, -0.2) is 9.67 Å². The Bertz CT molecular complexity index is 2220. The Morgan fingerprint density at radius 2 is 1.84 bits per heavy atom. The highest BCUT2D eigenvalue weighted by atomic mass is 35.5. The number of aryl methyl sites for hydroxylation is 2. The van der Waals surface area contributed by atoms with Gasteiger partial charge in [-0.05, 0) is 85.7 Å². The number of carbonyl (C=O) groups excluding carboxylic acids is 2. The second kappa shape index (κ2) is 16.1. The molecule has 2 bridgehead atoms. The molecule has 1 unspecified atom stereocenters. The van der Waals surface area contributed by atoms with E-state index in [1.807, 2.05) is 27.9 Å². The number of hydrogen-bond acceptors (Lipinski definition) is 8. The number of benzene rings is 3. The van der Waals surface area contributed by atoms with Crippen LogP contribution in [0.3, 0.4) is 0 Å². The largest absolute Gasteiger partial charge is 0.381 e. The van der Waals surface area contributed by atoms with Crippen LogP contribution in [0.15, 0.2) is 72.9 Å². The van der Waals surface area contributed by atoms with Crippen molar-refractivity contribution in [2.75, 3.05) is 31.6 Å². The summed E-state index contributed by atoms with van der Waals surface area (Å²) in [5.74, 6) is -0.808. The lowest BCUT2D eigenvalue weighted by Crippen LogP contribution is -2.42. The molecule has 3 aliphatic rings. The molecule has 12 heteroatoms. The first-order valence-corrected chi connectivity index (χ1v) is 19.9. The fraction of sp³-hybridized carbons (Fsp3) is 0.395. The van der Waals surface area contributed by atoms with Gasteiger partial charge in [0.1, 0.15) is 0 Å². The van der Waals surface area contributed by atoms with Crippen LogP contribution < -0.4 is 16.4 Å². The van der Waals surface area contributed by atoms with Gasteiger partial charge in [-0.1, -0.05) is 48.9 Å². The molecule has 2 aromatic heterocycles. The van der Waals surface area contributed by atoms with Gasteiger partial charge in [-0.3, -0.25) is 14.5 Å². The minimum absolute atomic E-state index is 0.205. The summed E-state index contributed by atoms with van der Waals surface area (Å²) in [5.41, 5.74) is 14.1. The highest BCUT2D eigenvalue weighted by Gasteiger charge is 2.37. The van der Waals surface area contributed by atoms with Crippen LogP contribution >= 0.6 is 11.6 Å². The Labute approximate surface area is 327 Å². The highest BCUT2D eigenvalue weighted by Crippen LogP contribution is 2.35. The zero-order chi connectivity index (χ0) is 38.1. The first kappa shape index (κ1) is 37.1. The third-order valence-electron chi connectivity index (χ3n) is 11.4. The molecular weight excluding hydrogens is 712 g/mol. The molecule has 3 aliphatic heterocycles. The Balaban J connectivity index is 1.17. The van der Waals surface area contributed by atoms with Crippen LogP contribution in [0.25, 0.3) is 22.2 Å². The van der Waals surface area contributed by atoms with Gasteiger partial charge in [0.25, 0.3) is 5.91 Å². The van der Waals surface area contributed by atoms with Crippen LogP contribution in [-0.4, -0.2) is 80.8 Å². The second-order valence-electron chi connectivity index (χ2n) is 15.0. The third-order valence-corrected chi connectivity index (χ3v) is 11.7. The lowest BCUT2D eigenvalue weighted by Gasteiger charge is -2.29. The molecule has 5 aromatic rings. The summed E-state index contributed by atoms with van der Waals surface area (Å²) in [6.45, 7) is 9.82. The number of primary amides is 1. The maximum Gasteiger partial charge on any atom is 0.254 e. The number of amides is 2. The average Bonchev–Trinajstić information content (AvgIpc) is 3.95. The number of nitrogens with one attached hydrogen (secondary N) is 2. The molecule has 4 N–H and O–H groups in total. The summed E-state index contributed by atoms with van der Waals surface area (Å²) in [4.78, 5) is 36.4. The van der Waals surface area contributed by atoms with Gasteiger partial charge in [0.05, 0.1) is 23.8 Å². The lowest BCUT2D eigenvalue weighted by molar-refractivity contribution is 0.0730. The van der Waals surface area contributed by atoms with Gasteiger partial charge >= 0.3 is 0 Å². The van der Waals surface area contributed by atoms with E-state index in [0.717, 1.165) is 77.1 Å². The molecule has 3 saturated heterocycles. The quantitative estimate of drug-likeness (QED) is 0.126. The van der Waals surface area contributed by atoms with E-state index in [2.05, 4.69) is 64.8 Å². The van der Waals surface area contributed by atoms with Crippen molar-refractivity contribution in [3.63, 3.8) is 0 Å². The van der Waals surface area contributed by atoms with Crippen molar-refractivity contribution >= 4 is 40.1 Å². The van der Waals surface area contributed by atoms with E-state index in [1.165, 1.54) is 12.0 Å². The van der Waals surface area contributed by atoms with Gasteiger partial charge in [-0.15, -0.1) is 0 Å². The van der Waals surface area contributed by atoms with E-state index >= 15 is 0 Å². The number of nitrogens with zero attached hydrogens (tertiary/aromatic N) is 5. The van der Waals surface area contributed by atoms with Crippen molar-refractivity contribution in [2.45, 2.75) is 83.8 Å². The Hall–Kier alpha value is -4.81. The predicted molar refractivity (Wildman–Crippen MR) is 216 cm³/mol. The molecule has 0 radical (unpaired) electrons. The molecule has 55 heavy (non-hydrogen) atoms. The van der Waals surface area contributed by atoms with Crippen molar-refractivity contribution in [3.05, 3.63) is 111 Å². The third kappa shape index (κ3) is 7.84. The van der Waals surface area contributed by atoms with E-state index in [4.69, 9.17) is 27.1 Å². The van der Waals surface area contributed by atoms with Gasteiger partial charge in [0.2, 0.25) is 5.91 Å². The SMILES string of the molecule is CCc1nc2c(cnn2CC)c(NC2CCOCC2)c1CN(Cc1ccc(Cl)c(-c2cccc(CN3C[C@@H]4CC3CN4)c2)c1)C(=O)c1cccc(C(N)=O)c1. The molecule has 0 spiro atoms. The van der Waals surface area contributed by atoms with E-state index in [-0.39, 0.29) is 24.1 Å². The van der Waals surface area contributed by atoms with Crippen molar-refractivity contribution in [2.24, 2.45) is 5.73 Å². The molecule has 286 valence electrons. The average molecular weight is 761 g/mol. The fourth-order valence-corrected chi connectivity index (χ4v) is 8.71. The van der Waals surface area contributed by atoms with E-state index < -0.39 is 5.91 Å². The molecule has 8 rings (SSSR count). The van der Waals surface area contributed by atoms with E-state index in [1.54, 1.807) is 24.3 Å². The van der Waals surface area contributed by atoms with Gasteiger partial charge in [0.15, 0.2) is 5.65 Å². The predicted octanol–water partition coefficient (Wildman–Crippen LogP) is 6.41. The van der Waals surface area contributed by atoms with Gasteiger partial charge < -0.3 is 26.0 Å². The summed E-state index contributed by atoms with van der Waals surface area (Å²) in [5, 5.41) is 13.7. The summed E-state index contributed by atoms with van der Waals surface area (Å²) in [6, 6.07) is 22.7. The Morgan fingerprint density at radius 1 is 1.02 bits per heavy atom. The molecule has 2 amide bonds. The van der Waals surface area contributed by atoms with E-state index in [9.17, 15) is 9.59 Å².